The Labute approximate surface area is 85.5 Å². The van der Waals surface area contributed by atoms with Gasteiger partial charge in [0.25, 0.3) is 0 Å². The van der Waals surface area contributed by atoms with Crippen molar-refractivity contribution in [1.29, 1.82) is 0 Å². The molecule has 1 heterocycles. The Morgan fingerprint density at radius 3 is 1.79 bits per heavy atom. The molecule has 0 unspecified atom stereocenters. The van der Waals surface area contributed by atoms with Crippen LogP contribution in [0.1, 0.15) is 38.5 Å². The lowest BCUT2D eigenvalue weighted by atomic mass is 10.1. The topological polar surface area (TPSA) is 44.8 Å². The summed E-state index contributed by atoms with van der Waals surface area (Å²) < 4.78 is 26.7. The molecule has 0 aromatic rings. The van der Waals surface area contributed by atoms with Gasteiger partial charge in [0.1, 0.15) is 0 Å². The molecule has 0 bridgehead atoms. The lowest BCUT2D eigenvalue weighted by Gasteiger charge is -2.14. The van der Waals surface area contributed by atoms with E-state index in [1.54, 1.807) is 0 Å². The van der Waals surface area contributed by atoms with Crippen LogP contribution in [0.2, 0.25) is 0 Å². The molecule has 1 aliphatic heterocycles. The fraction of sp³-hybridized carbons (Fsp3) is 1.00. The first kappa shape index (κ1) is 12.2. The summed E-state index contributed by atoms with van der Waals surface area (Å²) in [6.07, 6.45) is 6.56. The highest BCUT2D eigenvalue weighted by molar-refractivity contribution is 7.48. The fourth-order valence-electron chi connectivity index (χ4n) is 1.41. The van der Waals surface area contributed by atoms with Gasteiger partial charge in [-0.1, -0.05) is 25.7 Å². The normalized spacial score (nSPS) is 25.2. The first-order valence-electron chi connectivity index (χ1n) is 5.22. The second-order valence-corrected chi connectivity index (χ2v) is 5.19. The molecule has 0 amide bonds. The summed E-state index contributed by atoms with van der Waals surface area (Å²) >= 11 is 0. The van der Waals surface area contributed by atoms with Crippen molar-refractivity contribution in [3.8, 4) is 0 Å². The lowest BCUT2D eigenvalue weighted by Crippen LogP contribution is -2.00. The quantitative estimate of drug-likeness (QED) is 0.639. The van der Waals surface area contributed by atoms with Gasteiger partial charge in [0.05, 0.1) is 13.2 Å². The zero-order chi connectivity index (χ0) is 10.3. The minimum Gasteiger partial charge on any atom is -0.290 e. The molecule has 1 aliphatic rings. The molecule has 5 heteroatoms. The van der Waals surface area contributed by atoms with Crippen LogP contribution in [0.15, 0.2) is 0 Å². The largest absolute Gasteiger partial charge is 0.474 e. The Morgan fingerprint density at radius 1 is 0.929 bits per heavy atom. The van der Waals surface area contributed by atoms with Gasteiger partial charge in [0, 0.05) is 7.11 Å². The van der Waals surface area contributed by atoms with Crippen molar-refractivity contribution < 1.29 is 18.1 Å². The molecule has 0 aromatic carbocycles. The Morgan fingerprint density at radius 2 is 1.36 bits per heavy atom. The third-order valence-corrected chi connectivity index (χ3v) is 3.71. The van der Waals surface area contributed by atoms with E-state index >= 15 is 0 Å². The number of phosphoric acid groups is 1. The van der Waals surface area contributed by atoms with E-state index in [0.29, 0.717) is 13.2 Å². The van der Waals surface area contributed by atoms with Crippen LogP contribution in [0.4, 0.5) is 0 Å². The van der Waals surface area contributed by atoms with Crippen LogP contribution in [0.5, 0.6) is 0 Å². The maximum absolute atomic E-state index is 11.7. The summed E-state index contributed by atoms with van der Waals surface area (Å²) in [6.45, 7) is 0.927. The molecule has 0 aromatic heterocycles. The highest BCUT2D eigenvalue weighted by Gasteiger charge is 2.24. The van der Waals surface area contributed by atoms with Gasteiger partial charge in [0.2, 0.25) is 0 Å². The summed E-state index contributed by atoms with van der Waals surface area (Å²) in [6, 6.07) is 0. The van der Waals surface area contributed by atoms with Gasteiger partial charge < -0.3 is 0 Å². The van der Waals surface area contributed by atoms with E-state index in [1.807, 2.05) is 0 Å². The zero-order valence-corrected chi connectivity index (χ0v) is 9.63. The summed E-state index contributed by atoms with van der Waals surface area (Å²) in [4.78, 5) is 0. The molecule has 84 valence electrons. The average molecular weight is 222 g/mol. The van der Waals surface area contributed by atoms with Crippen molar-refractivity contribution in [3.05, 3.63) is 0 Å². The molecule has 0 aliphatic carbocycles. The van der Waals surface area contributed by atoms with Crippen LogP contribution in [0.3, 0.4) is 0 Å². The van der Waals surface area contributed by atoms with Crippen molar-refractivity contribution >= 4 is 7.82 Å². The molecule has 1 saturated heterocycles. The number of hydrogen-bond acceptors (Lipinski definition) is 4. The van der Waals surface area contributed by atoms with Gasteiger partial charge in [-0.15, -0.1) is 0 Å². The predicted molar refractivity (Wildman–Crippen MR) is 54.2 cm³/mol. The molecule has 1 rings (SSSR count). The second kappa shape index (κ2) is 6.57. The van der Waals surface area contributed by atoms with Crippen molar-refractivity contribution in [2.75, 3.05) is 20.3 Å². The highest BCUT2D eigenvalue weighted by atomic mass is 31.2. The van der Waals surface area contributed by atoms with Crippen LogP contribution in [-0.2, 0) is 18.1 Å². The van der Waals surface area contributed by atoms with E-state index in [9.17, 15) is 4.57 Å². The molecule has 1 fully saturated rings. The first-order chi connectivity index (χ1) is 6.77. The van der Waals surface area contributed by atoms with Crippen LogP contribution in [-0.4, -0.2) is 20.3 Å². The van der Waals surface area contributed by atoms with Gasteiger partial charge >= 0.3 is 7.82 Å². The van der Waals surface area contributed by atoms with Crippen LogP contribution in [0, 0.1) is 0 Å². The summed E-state index contributed by atoms with van der Waals surface area (Å²) in [5.74, 6) is 0. The Kier molecular flexibility index (Phi) is 5.71. The summed E-state index contributed by atoms with van der Waals surface area (Å²) in [7, 11) is -1.87. The molecule has 0 N–H and O–H groups in total. The van der Waals surface area contributed by atoms with Gasteiger partial charge in [-0.3, -0.25) is 13.6 Å². The molecular weight excluding hydrogens is 203 g/mol. The molecule has 0 atom stereocenters. The van der Waals surface area contributed by atoms with Gasteiger partial charge in [-0.05, 0) is 12.8 Å². The molecule has 0 spiro atoms. The SMILES string of the molecule is COP1(=O)OCCCCCCCCO1. The number of hydrogen-bond donors (Lipinski definition) is 0. The first-order valence-corrected chi connectivity index (χ1v) is 6.68. The third kappa shape index (κ3) is 4.56. The Balaban J connectivity index is 2.39. The van der Waals surface area contributed by atoms with Gasteiger partial charge in [0.15, 0.2) is 0 Å². The lowest BCUT2D eigenvalue weighted by molar-refractivity contribution is 0.129. The van der Waals surface area contributed by atoms with E-state index in [0.717, 1.165) is 25.7 Å². The smallest absolute Gasteiger partial charge is 0.290 e. The van der Waals surface area contributed by atoms with Gasteiger partial charge in [-0.2, -0.15) is 0 Å². The number of phosphoric ester groups is 1. The van der Waals surface area contributed by atoms with E-state index < -0.39 is 7.82 Å². The van der Waals surface area contributed by atoms with E-state index in [4.69, 9.17) is 13.6 Å². The van der Waals surface area contributed by atoms with Crippen molar-refractivity contribution in [2.24, 2.45) is 0 Å². The van der Waals surface area contributed by atoms with Crippen LogP contribution >= 0.6 is 7.82 Å². The Hall–Kier alpha value is 0.110. The second-order valence-electron chi connectivity index (χ2n) is 3.42. The van der Waals surface area contributed by atoms with Gasteiger partial charge in [-0.25, -0.2) is 4.57 Å². The van der Waals surface area contributed by atoms with Crippen molar-refractivity contribution in [3.63, 3.8) is 0 Å². The number of rotatable bonds is 1. The van der Waals surface area contributed by atoms with E-state index in [-0.39, 0.29) is 0 Å². The molecular formula is C9H19O4P. The van der Waals surface area contributed by atoms with E-state index in [1.165, 1.54) is 20.0 Å². The highest BCUT2D eigenvalue weighted by Crippen LogP contribution is 2.48. The monoisotopic (exact) mass is 222 g/mol. The molecule has 14 heavy (non-hydrogen) atoms. The standard InChI is InChI=1S/C9H19O4P/c1-11-14(10)12-8-6-4-2-3-5-7-9-13-14/h2-9H2,1H3. The van der Waals surface area contributed by atoms with Crippen molar-refractivity contribution in [2.45, 2.75) is 38.5 Å². The minimum absolute atomic E-state index is 0.463. The fourth-order valence-corrected chi connectivity index (χ4v) is 2.40. The Bertz CT molecular complexity index is 179. The molecule has 4 nitrogen and oxygen atoms in total. The van der Waals surface area contributed by atoms with Crippen LogP contribution < -0.4 is 0 Å². The maximum Gasteiger partial charge on any atom is 0.474 e. The third-order valence-electron chi connectivity index (χ3n) is 2.26. The summed E-state index contributed by atoms with van der Waals surface area (Å²) in [5, 5.41) is 0. The average Bonchev–Trinajstić information content (AvgIpc) is 2.24. The van der Waals surface area contributed by atoms with Crippen LogP contribution in [0.25, 0.3) is 0 Å². The molecule has 0 radical (unpaired) electrons. The van der Waals surface area contributed by atoms with E-state index in [2.05, 4.69) is 0 Å². The molecule has 0 saturated carbocycles. The van der Waals surface area contributed by atoms with Crippen molar-refractivity contribution in [1.82, 2.24) is 0 Å². The summed E-state index contributed by atoms with van der Waals surface area (Å²) in [5.41, 5.74) is 0. The zero-order valence-electron chi connectivity index (χ0n) is 8.74. The predicted octanol–water partition coefficient (Wildman–Crippen LogP) is 3.13. The maximum atomic E-state index is 11.7. The minimum atomic E-state index is -3.23.